The SMILES string of the molecule is CS(=O)(=O)CCO/N=C(\C(=O)NC1C(=O)N(S(=O)(=O)O)C1COC(N)=O)c1csc(N)n1. The molecule has 1 aliphatic heterocycles. The number of carbonyl (C=O) groups is 3. The number of β-lactam (4-membered cyclic amide) rings is 1. The Labute approximate surface area is 185 Å². The number of rotatable bonds is 10. The van der Waals surface area contributed by atoms with Gasteiger partial charge in [0.2, 0.25) is 0 Å². The van der Waals surface area contributed by atoms with E-state index in [-0.39, 0.29) is 15.1 Å². The van der Waals surface area contributed by atoms with E-state index in [9.17, 15) is 35.8 Å². The van der Waals surface area contributed by atoms with Gasteiger partial charge < -0.3 is 26.4 Å². The van der Waals surface area contributed by atoms with Crippen molar-refractivity contribution in [2.45, 2.75) is 12.1 Å². The zero-order valence-electron chi connectivity index (χ0n) is 16.2. The third-order valence-electron chi connectivity index (χ3n) is 3.78. The molecule has 1 saturated heterocycles. The Morgan fingerprint density at radius 1 is 1.38 bits per heavy atom. The van der Waals surface area contributed by atoms with E-state index in [0.29, 0.717) is 0 Å². The van der Waals surface area contributed by atoms with Gasteiger partial charge in [0.25, 0.3) is 11.8 Å². The van der Waals surface area contributed by atoms with E-state index in [2.05, 4.69) is 20.2 Å². The molecular formula is C13H18N6O10S3. The van der Waals surface area contributed by atoms with E-state index in [1.54, 1.807) is 0 Å². The van der Waals surface area contributed by atoms with Crippen LogP contribution in [0.15, 0.2) is 10.5 Å². The van der Waals surface area contributed by atoms with Crippen molar-refractivity contribution < 1.29 is 45.3 Å². The molecule has 0 aromatic carbocycles. The van der Waals surface area contributed by atoms with Gasteiger partial charge in [-0.25, -0.2) is 22.5 Å². The average Bonchev–Trinajstić information content (AvgIpc) is 3.06. The molecule has 3 amide bonds. The Morgan fingerprint density at radius 3 is 2.53 bits per heavy atom. The molecule has 19 heteroatoms. The van der Waals surface area contributed by atoms with Crippen LogP contribution < -0.4 is 16.8 Å². The molecule has 0 spiro atoms. The number of nitrogens with two attached hydrogens (primary N) is 2. The van der Waals surface area contributed by atoms with Crippen LogP contribution >= 0.6 is 11.3 Å². The summed E-state index contributed by atoms with van der Waals surface area (Å²) in [6, 6.07) is -3.05. The standard InChI is InChI=1S/C13H18N6O10S3/c1-31(23,24)3-2-29-18-8(6-5-30-12(14)16-6)10(20)17-9-7(4-28-13(15)22)19(11(9)21)32(25,26)27/h5,7,9H,2-4H2,1H3,(H2,14,16)(H2,15,22)(H,17,20)(H,25,26,27)/b18-8-. The molecular weight excluding hydrogens is 496 g/mol. The van der Waals surface area contributed by atoms with Gasteiger partial charge in [-0.05, 0) is 0 Å². The van der Waals surface area contributed by atoms with E-state index in [1.807, 2.05) is 0 Å². The van der Waals surface area contributed by atoms with Gasteiger partial charge in [-0.1, -0.05) is 5.16 Å². The van der Waals surface area contributed by atoms with Gasteiger partial charge in [-0.15, -0.1) is 11.3 Å². The fraction of sp³-hybridized carbons (Fsp3) is 0.462. The number of hydrogen-bond acceptors (Lipinski definition) is 13. The second kappa shape index (κ2) is 9.63. The molecule has 32 heavy (non-hydrogen) atoms. The number of aromatic nitrogens is 1. The van der Waals surface area contributed by atoms with Crippen LogP contribution in [0.3, 0.4) is 0 Å². The highest BCUT2D eigenvalue weighted by molar-refractivity contribution is 7.90. The van der Waals surface area contributed by atoms with Gasteiger partial charge in [0.05, 0.1) is 5.75 Å². The first-order chi connectivity index (χ1) is 14.7. The number of carbonyl (C=O) groups excluding carboxylic acids is 3. The highest BCUT2D eigenvalue weighted by Crippen LogP contribution is 2.24. The van der Waals surface area contributed by atoms with Crippen molar-refractivity contribution in [2.24, 2.45) is 10.9 Å². The van der Waals surface area contributed by atoms with Crippen LogP contribution in [0.2, 0.25) is 0 Å². The second-order valence-electron chi connectivity index (χ2n) is 6.23. The number of oxime groups is 1. The zero-order chi connectivity index (χ0) is 24.3. The Balaban J connectivity index is 2.23. The van der Waals surface area contributed by atoms with Gasteiger partial charge in [0, 0.05) is 11.6 Å². The van der Waals surface area contributed by atoms with Gasteiger partial charge in [0.15, 0.2) is 20.7 Å². The lowest BCUT2D eigenvalue weighted by atomic mass is 9.99. The summed E-state index contributed by atoms with van der Waals surface area (Å²) < 4.78 is 58.8. The number of amides is 3. The van der Waals surface area contributed by atoms with Crippen molar-refractivity contribution in [1.29, 1.82) is 0 Å². The Morgan fingerprint density at radius 2 is 2.03 bits per heavy atom. The van der Waals surface area contributed by atoms with Crippen molar-refractivity contribution in [2.75, 3.05) is 31.0 Å². The number of primary amides is 1. The van der Waals surface area contributed by atoms with Gasteiger partial charge in [0.1, 0.15) is 31.0 Å². The highest BCUT2D eigenvalue weighted by Gasteiger charge is 2.54. The Bertz CT molecular complexity index is 1140. The van der Waals surface area contributed by atoms with Gasteiger partial charge >= 0.3 is 16.4 Å². The monoisotopic (exact) mass is 514 g/mol. The number of anilines is 1. The first-order valence-electron chi connectivity index (χ1n) is 8.33. The van der Waals surface area contributed by atoms with Crippen LogP contribution in [-0.4, -0.2) is 91.6 Å². The third kappa shape index (κ3) is 6.48. The number of nitrogen functional groups attached to an aromatic ring is 1. The highest BCUT2D eigenvalue weighted by atomic mass is 32.2. The van der Waals surface area contributed by atoms with Gasteiger partial charge in [-0.3, -0.25) is 14.1 Å². The molecule has 1 aromatic heterocycles. The van der Waals surface area contributed by atoms with E-state index < -0.39 is 74.8 Å². The maximum atomic E-state index is 12.7. The molecule has 2 unspecified atom stereocenters. The molecule has 0 saturated carbocycles. The van der Waals surface area contributed by atoms with E-state index in [0.717, 1.165) is 17.6 Å². The fourth-order valence-corrected chi connectivity index (χ4v) is 4.19. The summed E-state index contributed by atoms with van der Waals surface area (Å²) >= 11 is 0.944. The quantitative estimate of drug-likeness (QED) is 0.0805. The maximum absolute atomic E-state index is 12.7. The van der Waals surface area contributed by atoms with Crippen LogP contribution in [0.4, 0.5) is 9.93 Å². The fourth-order valence-electron chi connectivity index (χ4n) is 2.40. The lowest BCUT2D eigenvalue weighted by molar-refractivity contribution is -0.146. The number of thiazole rings is 1. The Hall–Kier alpha value is -3.03. The molecule has 178 valence electrons. The second-order valence-corrected chi connectivity index (χ2v) is 10.7. The van der Waals surface area contributed by atoms with Crippen LogP contribution in [0.1, 0.15) is 5.69 Å². The summed E-state index contributed by atoms with van der Waals surface area (Å²) in [6.45, 7) is -1.16. The normalized spacial score (nSPS) is 19.2. The average molecular weight is 515 g/mol. The zero-order valence-corrected chi connectivity index (χ0v) is 18.6. The number of ether oxygens (including phenoxy) is 1. The molecule has 2 atom stereocenters. The van der Waals surface area contributed by atoms with Crippen LogP contribution in [0, 0.1) is 0 Å². The molecule has 1 aliphatic rings. The molecule has 0 aliphatic carbocycles. The van der Waals surface area contributed by atoms with Crippen molar-refractivity contribution in [3.8, 4) is 0 Å². The van der Waals surface area contributed by atoms with Crippen LogP contribution in [-0.2, 0) is 39.3 Å². The molecule has 0 bridgehead atoms. The minimum Gasteiger partial charge on any atom is -0.447 e. The largest absolute Gasteiger partial charge is 0.447 e. The molecule has 16 nitrogen and oxygen atoms in total. The molecule has 2 heterocycles. The molecule has 6 N–H and O–H groups in total. The lowest BCUT2D eigenvalue weighted by Gasteiger charge is -2.43. The summed E-state index contributed by atoms with van der Waals surface area (Å²) in [5.74, 6) is -2.71. The number of nitrogens with one attached hydrogen (secondary N) is 1. The molecule has 1 aromatic rings. The molecule has 1 fully saturated rings. The summed E-state index contributed by atoms with van der Waals surface area (Å²) in [4.78, 5) is 44.4. The van der Waals surface area contributed by atoms with Crippen LogP contribution in [0.5, 0.6) is 0 Å². The predicted octanol–water partition coefficient (Wildman–Crippen LogP) is -2.92. The maximum Gasteiger partial charge on any atom is 0.404 e. The van der Waals surface area contributed by atoms with Gasteiger partial charge in [-0.2, -0.15) is 8.42 Å². The Kier molecular flexibility index (Phi) is 7.59. The number of nitrogens with zero attached hydrogens (tertiary/aromatic N) is 3. The smallest absolute Gasteiger partial charge is 0.404 e. The number of hydrogen-bond donors (Lipinski definition) is 4. The van der Waals surface area contributed by atoms with E-state index >= 15 is 0 Å². The number of sulfone groups is 1. The van der Waals surface area contributed by atoms with Crippen molar-refractivity contribution in [1.82, 2.24) is 14.6 Å². The minimum atomic E-state index is -5.02. The van der Waals surface area contributed by atoms with Crippen molar-refractivity contribution in [3.05, 3.63) is 11.1 Å². The lowest BCUT2D eigenvalue weighted by Crippen LogP contribution is -2.73. The summed E-state index contributed by atoms with van der Waals surface area (Å²) in [7, 11) is -8.40. The van der Waals surface area contributed by atoms with Crippen molar-refractivity contribution in [3.63, 3.8) is 0 Å². The molecule has 0 radical (unpaired) electrons. The summed E-state index contributed by atoms with van der Waals surface area (Å²) in [6.07, 6.45) is -0.323. The van der Waals surface area contributed by atoms with Crippen molar-refractivity contribution >= 4 is 60.2 Å². The first-order valence-corrected chi connectivity index (χ1v) is 12.7. The van der Waals surface area contributed by atoms with E-state index in [1.165, 1.54) is 5.38 Å². The first kappa shape index (κ1) is 25.2. The molecule has 2 rings (SSSR count). The summed E-state index contributed by atoms with van der Waals surface area (Å²) in [5, 5.41) is 7.09. The predicted molar refractivity (Wildman–Crippen MR) is 108 cm³/mol. The van der Waals surface area contributed by atoms with E-state index in [4.69, 9.17) is 16.3 Å². The summed E-state index contributed by atoms with van der Waals surface area (Å²) in [5.41, 5.74) is 9.77. The topological polar surface area (TPSA) is 251 Å². The third-order valence-corrected chi connectivity index (χ3v) is 6.31. The minimum absolute atomic E-state index is 0.00113. The van der Waals surface area contributed by atoms with Crippen LogP contribution in [0.25, 0.3) is 0 Å².